The smallest absolute Gasteiger partial charge is 0.173 e. The van der Waals surface area contributed by atoms with Gasteiger partial charge in [0.15, 0.2) is 11.5 Å². The monoisotopic (exact) mass is 308 g/mol. The van der Waals surface area contributed by atoms with Crippen LogP contribution in [0.15, 0.2) is 31.2 Å². The Balaban J connectivity index is 1.76. The average Bonchev–Trinajstić information content (AvgIpc) is 3.28. The number of nitrogens with zero attached hydrogens (tertiary/aromatic N) is 4. The van der Waals surface area contributed by atoms with E-state index in [0.29, 0.717) is 17.1 Å². The van der Waals surface area contributed by atoms with Crippen molar-refractivity contribution in [2.45, 2.75) is 32.6 Å². The highest BCUT2D eigenvalue weighted by Gasteiger charge is 2.27. The highest BCUT2D eigenvalue weighted by Crippen LogP contribution is 2.38. The molecule has 0 spiro atoms. The third kappa shape index (κ3) is 2.42. The second-order valence-electron chi connectivity index (χ2n) is 6.17. The van der Waals surface area contributed by atoms with Crippen LogP contribution in [0.3, 0.4) is 0 Å². The van der Waals surface area contributed by atoms with Crippen LogP contribution in [0, 0.1) is 19.7 Å². The number of fused-ring (bicyclic) bond motifs is 1. The first kappa shape index (κ1) is 14.1. The lowest BCUT2D eigenvalue weighted by molar-refractivity contribution is 0.629. The number of hydrogen-bond donors (Lipinski definition) is 0. The van der Waals surface area contributed by atoms with Crippen molar-refractivity contribution < 1.29 is 4.39 Å². The molecule has 4 rings (SSSR count). The molecule has 0 radical (unpaired) electrons. The standard InChI is InChI=1S/C18H17FN4/c1-10-8-23-9-14(6-16(19)18(23)21-10)11(2)15-7-20-17(13-4-5-13)22-12(15)3/h6-9,13H,2,4-5H2,1,3H3. The van der Waals surface area contributed by atoms with Crippen LogP contribution in [0.25, 0.3) is 11.2 Å². The summed E-state index contributed by atoms with van der Waals surface area (Å²) in [6.45, 7) is 7.91. The Kier molecular flexibility index (Phi) is 3.04. The van der Waals surface area contributed by atoms with E-state index in [1.807, 2.05) is 20.0 Å². The van der Waals surface area contributed by atoms with Crippen molar-refractivity contribution in [1.29, 1.82) is 0 Å². The highest BCUT2D eigenvalue weighted by molar-refractivity contribution is 5.79. The molecule has 0 atom stereocenters. The van der Waals surface area contributed by atoms with Gasteiger partial charge in [0.05, 0.1) is 5.69 Å². The zero-order chi connectivity index (χ0) is 16.1. The predicted molar refractivity (Wildman–Crippen MR) is 86.8 cm³/mol. The molecule has 3 heterocycles. The van der Waals surface area contributed by atoms with E-state index in [1.54, 1.807) is 16.8 Å². The van der Waals surface area contributed by atoms with Crippen molar-refractivity contribution in [3.05, 3.63) is 65.4 Å². The van der Waals surface area contributed by atoms with Crippen LogP contribution in [0.4, 0.5) is 4.39 Å². The number of aromatic nitrogens is 4. The Hall–Kier alpha value is -2.56. The van der Waals surface area contributed by atoms with Gasteiger partial charge in [0.1, 0.15) is 5.82 Å². The number of hydrogen-bond acceptors (Lipinski definition) is 3. The van der Waals surface area contributed by atoms with E-state index in [2.05, 4.69) is 21.5 Å². The van der Waals surface area contributed by atoms with Gasteiger partial charge in [0.2, 0.25) is 0 Å². The van der Waals surface area contributed by atoms with Crippen molar-refractivity contribution in [1.82, 2.24) is 19.4 Å². The fraction of sp³-hybridized carbons (Fsp3) is 0.278. The Bertz CT molecular complexity index is 938. The minimum absolute atomic E-state index is 0.330. The van der Waals surface area contributed by atoms with Crippen LogP contribution in [0.2, 0.25) is 0 Å². The predicted octanol–water partition coefficient (Wildman–Crippen LogP) is 3.82. The van der Waals surface area contributed by atoms with Gasteiger partial charge in [-0.05, 0) is 38.3 Å². The summed E-state index contributed by atoms with van der Waals surface area (Å²) in [5.74, 6) is 1.06. The van der Waals surface area contributed by atoms with Crippen LogP contribution in [-0.4, -0.2) is 19.4 Å². The molecule has 0 saturated heterocycles. The minimum atomic E-state index is -0.357. The van der Waals surface area contributed by atoms with Gasteiger partial charge in [0, 0.05) is 41.3 Å². The van der Waals surface area contributed by atoms with Crippen LogP contribution >= 0.6 is 0 Å². The van der Waals surface area contributed by atoms with Gasteiger partial charge < -0.3 is 4.40 Å². The molecule has 1 aliphatic carbocycles. The molecule has 3 aromatic heterocycles. The van der Waals surface area contributed by atoms with Crippen molar-refractivity contribution in [2.24, 2.45) is 0 Å². The first-order chi connectivity index (χ1) is 11.0. The lowest BCUT2D eigenvalue weighted by Crippen LogP contribution is -2.01. The SMILES string of the molecule is C=C(c1cc(F)c2nc(C)cn2c1)c1cnc(C2CC2)nc1C. The number of rotatable bonds is 3. The summed E-state index contributed by atoms with van der Waals surface area (Å²) in [6, 6.07) is 1.47. The molecular formula is C18H17FN4. The molecule has 1 aliphatic rings. The summed E-state index contributed by atoms with van der Waals surface area (Å²) in [6.07, 6.45) is 7.78. The number of aryl methyl sites for hydroxylation is 2. The van der Waals surface area contributed by atoms with Crippen molar-refractivity contribution in [3.8, 4) is 0 Å². The van der Waals surface area contributed by atoms with E-state index in [9.17, 15) is 4.39 Å². The summed E-state index contributed by atoms with van der Waals surface area (Å²) >= 11 is 0. The van der Waals surface area contributed by atoms with Gasteiger partial charge in [-0.1, -0.05) is 6.58 Å². The van der Waals surface area contributed by atoms with E-state index in [0.717, 1.165) is 28.3 Å². The van der Waals surface area contributed by atoms with E-state index in [4.69, 9.17) is 0 Å². The van der Waals surface area contributed by atoms with E-state index < -0.39 is 0 Å². The van der Waals surface area contributed by atoms with Gasteiger partial charge in [0.25, 0.3) is 0 Å². The fourth-order valence-electron chi connectivity index (χ4n) is 2.82. The zero-order valence-electron chi connectivity index (χ0n) is 13.2. The third-order valence-electron chi connectivity index (χ3n) is 4.24. The molecule has 23 heavy (non-hydrogen) atoms. The van der Waals surface area contributed by atoms with Crippen molar-refractivity contribution in [2.75, 3.05) is 0 Å². The number of halogens is 1. The number of imidazole rings is 1. The van der Waals surface area contributed by atoms with Gasteiger partial charge in [-0.3, -0.25) is 0 Å². The quantitative estimate of drug-likeness (QED) is 0.739. The second-order valence-corrected chi connectivity index (χ2v) is 6.17. The number of pyridine rings is 1. The molecule has 0 aromatic carbocycles. The summed E-state index contributed by atoms with van der Waals surface area (Å²) in [7, 11) is 0. The fourth-order valence-corrected chi connectivity index (χ4v) is 2.82. The van der Waals surface area contributed by atoms with Crippen LogP contribution in [-0.2, 0) is 0 Å². The van der Waals surface area contributed by atoms with E-state index >= 15 is 0 Å². The van der Waals surface area contributed by atoms with E-state index in [-0.39, 0.29) is 5.82 Å². The van der Waals surface area contributed by atoms with Crippen molar-refractivity contribution >= 4 is 11.2 Å². The molecule has 0 amide bonds. The third-order valence-corrected chi connectivity index (χ3v) is 4.24. The maximum atomic E-state index is 14.3. The van der Waals surface area contributed by atoms with E-state index in [1.165, 1.54) is 18.9 Å². The Morgan fingerprint density at radius 3 is 2.74 bits per heavy atom. The minimum Gasteiger partial charge on any atom is -0.304 e. The topological polar surface area (TPSA) is 43.1 Å². The molecule has 0 unspecified atom stereocenters. The molecule has 0 aliphatic heterocycles. The Morgan fingerprint density at radius 1 is 1.26 bits per heavy atom. The molecule has 1 saturated carbocycles. The van der Waals surface area contributed by atoms with Gasteiger partial charge >= 0.3 is 0 Å². The molecule has 5 heteroatoms. The molecule has 4 nitrogen and oxygen atoms in total. The van der Waals surface area contributed by atoms with Gasteiger partial charge in [-0.25, -0.2) is 19.3 Å². The summed E-state index contributed by atoms with van der Waals surface area (Å²) in [5.41, 5.74) is 4.27. The Labute approximate surface area is 133 Å². The van der Waals surface area contributed by atoms with Gasteiger partial charge in [-0.2, -0.15) is 0 Å². The second kappa shape index (κ2) is 4.98. The van der Waals surface area contributed by atoms with Crippen LogP contribution in [0.5, 0.6) is 0 Å². The van der Waals surface area contributed by atoms with Crippen LogP contribution in [0.1, 0.15) is 47.1 Å². The highest BCUT2D eigenvalue weighted by atomic mass is 19.1. The first-order valence-electron chi connectivity index (χ1n) is 7.71. The maximum absolute atomic E-state index is 14.3. The van der Waals surface area contributed by atoms with Crippen molar-refractivity contribution in [3.63, 3.8) is 0 Å². The molecule has 0 bridgehead atoms. The molecule has 3 aromatic rings. The normalized spacial score (nSPS) is 14.4. The zero-order valence-corrected chi connectivity index (χ0v) is 13.2. The molecular weight excluding hydrogens is 291 g/mol. The lowest BCUT2D eigenvalue weighted by Gasteiger charge is -2.11. The largest absolute Gasteiger partial charge is 0.304 e. The summed E-state index contributed by atoms with van der Waals surface area (Å²) in [4.78, 5) is 13.2. The maximum Gasteiger partial charge on any atom is 0.173 e. The Morgan fingerprint density at radius 2 is 2.04 bits per heavy atom. The molecule has 116 valence electrons. The lowest BCUT2D eigenvalue weighted by atomic mass is 10.0. The van der Waals surface area contributed by atoms with Gasteiger partial charge in [-0.15, -0.1) is 0 Å². The summed E-state index contributed by atoms with van der Waals surface area (Å²) in [5, 5.41) is 0. The van der Waals surface area contributed by atoms with Crippen LogP contribution < -0.4 is 0 Å². The summed E-state index contributed by atoms with van der Waals surface area (Å²) < 4.78 is 16.0. The average molecular weight is 308 g/mol. The first-order valence-corrected chi connectivity index (χ1v) is 7.71. The molecule has 0 N–H and O–H groups in total. The molecule has 1 fully saturated rings.